The van der Waals surface area contributed by atoms with Crippen LogP contribution in [0.15, 0.2) is 54.7 Å². The van der Waals surface area contributed by atoms with Gasteiger partial charge in [-0.1, -0.05) is 6.07 Å². The molecule has 0 atom stereocenters. The largest absolute Gasteiger partial charge is 0.454 e. The van der Waals surface area contributed by atoms with E-state index >= 15 is 0 Å². The molecule has 10 heteroatoms. The minimum Gasteiger partial charge on any atom is -0.454 e. The fraction of sp³-hybridized carbons (Fsp3) is 0.208. The molecule has 0 saturated carbocycles. The van der Waals surface area contributed by atoms with Gasteiger partial charge in [0.25, 0.3) is 5.91 Å². The molecule has 1 saturated heterocycles. The number of hydrogen-bond donors (Lipinski definition) is 2. The van der Waals surface area contributed by atoms with Crippen LogP contribution >= 0.6 is 0 Å². The van der Waals surface area contributed by atoms with Crippen LogP contribution in [0.4, 0.5) is 16.4 Å². The van der Waals surface area contributed by atoms with Crippen LogP contribution in [-0.4, -0.2) is 64.7 Å². The summed E-state index contributed by atoms with van der Waals surface area (Å²) in [5.41, 5.74) is 8.31. The van der Waals surface area contributed by atoms with E-state index in [-0.39, 0.29) is 12.7 Å². The van der Waals surface area contributed by atoms with E-state index in [0.717, 1.165) is 22.7 Å². The van der Waals surface area contributed by atoms with Crippen molar-refractivity contribution < 1.29 is 19.1 Å². The number of carbonyl (C=O) groups is 2. The lowest BCUT2D eigenvalue weighted by Gasteiger charge is -2.33. The number of ether oxygens (including phenoxy) is 2. The van der Waals surface area contributed by atoms with Crippen molar-refractivity contribution in [2.75, 3.05) is 38.3 Å². The second kappa shape index (κ2) is 9.26. The molecule has 0 aliphatic carbocycles. The number of primary amides is 1. The number of hydrogen-bond acceptors (Lipinski definition) is 7. The highest BCUT2D eigenvalue weighted by atomic mass is 16.7. The number of urea groups is 1. The average molecular weight is 459 g/mol. The summed E-state index contributed by atoms with van der Waals surface area (Å²) in [6.07, 6.45) is 3.60. The van der Waals surface area contributed by atoms with E-state index in [1.807, 2.05) is 42.8 Å². The maximum Gasteiger partial charge on any atom is 0.314 e. The summed E-state index contributed by atoms with van der Waals surface area (Å²) < 4.78 is 10.8. The van der Waals surface area contributed by atoms with E-state index in [1.54, 1.807) is 23.2 Å². The highest BCUT2D eigenvalue weighted by Gasteiger charge is 2.23. The third-order valence-electron chi connectivity index (χ3n) is 5.65. The number of anilines is 2. The Kier molecular flexibility index (Phi) is 5.86. The maximum absolute atomic E-state index is 12.8. The quantitative estimate of drug-likeness (QED) is 0.601. The Morgan fingerprint density at radius 1 is 0.941 bits per heavy atom. The fourth-order valence-electron chi connectivity index (χ4n) is 3.82. The Labute approximate surface area is 196 Å². The molecule has 34 heavy (non-hydrogen) atoms. The number of nitrogens with two attached hydrogens (primary N) is 1. The number of amides is 3. The first-order chi connectivity index (χ1) is 16.5. The molecule has 173 valence electrons. The van der Waals surface area contributed by atoms with Crippen molar-refractivity contribution in [3.8, 4) is 11.5 Å². The van der Waals surface area contributed by atoms with Gasteiger partial charge in [-0.3, -0.25) is 4.79 Å². The number of aromatic nitrogens is 2. The summed E-state index contributed by atoms with van der Waals surface area (Å²) in [5.74, 6) is 1.81. The lowest BCUT2D eigenvalue weighted by atomic mass is 10.1. The molecule has 0 spiro atoms. The predicted molar refractivity (Wildman–Crippen MR) is 124 cm³/mol. The molecular formula is C24H23N6O4. The first-order valence-electron chi connectivity index (χ1n) is 10.8. The number of benzene rings is 2. The van der Waals surface area contributed by atoms with Gasteiger partial charge in [0.05, 0.1) is 5.69 Å². The highest BCUT2D eigenvalue weighted by Crippen LogP contribution is 2.33. The molecule has 0 bridgehead atoms. The molecular weight excluding hydrogens is 436 g/mol. The zero-order chi connectivity index (χ0) is 23.5. The Morgan fingerprint density at radius 2 is 1.68 bits per heavy atom. The Morgan fingerprint density at radius 3 is 2.44 bits per heavy atom. The number of carbonyl (C=O) groups excluding carboxylic acids is 2. The molecule has 1 fully saturated rings. The van der Waals surface area contributed by atoms with Crippen molar-refractivity contribution in [2.24, 2.45) is 5.73 Å². The van der Waals surface area contributed by atoms with Gasteiger partial charge in [-0.05, 0) is 48.0 Å². The molecule has 3 N–H and O–H groups in total. The molecule has 1 radical (unpaired) electrons. The molecule has 2 aliphatic rings. The smallest absolute Gasteiger partial charge is 0.314 e. The SMILES string of the molecule is NC(=O)N1CCN(C(=O)c2ccc(Nc3nccc([CH]c4ccc5c(c4)OCO5)n3)cc2)CC1. The normalized spacial score (nSPS) is 14.7. The van der Waals surface area contributed by atoms with Gasteiger partial charge in [0.2, 0.25) is 12.7 Å². The summed E-state index contributed by atoms with van der Waals surface area (Å²) in [6.45, 7) is 2.04. The standard InChI is InChI=1S/C24H23N6O4/c25-23(32)30-11-9-29(10-12-30)22(31)17-2-4-18(5-3-17)27-24-26-8-7-19(28-24)13-16-1-6-20-21(14-16)34-15-33-20/h1-8,13-14H,9-12,15H2,(H2,25,32)(H,26,27,28). The van der Waals surface area contributed by atoms with Crippen molar-refractivity contribution >= 4 is 23.6 Å². The number of fused-ring (bicyclic) bond motifs is 1. The van der Waals surface area contributed by atoms with Crippen LogP contribution in [0.3, 0.4) is 0 Å². The van der Waals surface area contributed by atoms with E-state index in [4.69, 9.17) is 15.2 Å². The molecule has 3 amide bonds. The van der Waals surface area contributed by atoms with Crippen LogP contribution in [0.25, 0.3) is 0 Å². The predicted octanol–water partition coefficient (Wildman–Crippen LogP) is 2.39. The van der Waals surface area contributed by atoms with E-state index in [9.17, 15) is 9.59 Å². The van der Waals surface area contributed by atoms with Gasteiger partial charge in [0.1, 0.15) is 0 Å². The van der Waals surface area contributed by atoms with Crippen LogP contribution in [0.5, 0.6) is 11.5 Å². The first kappa shape index (κ1) is 21.5. The third kappa shape index (κ3) is 4.70. The Balaban J connectivity index is 1.20. The molecule has 5 rings (SSSR count). The molecule has 1 aromatic heterocycles. The monoisotopic (exact) mass is 459 g/mol. The Hall–Kier alpha value is -4.34. The molecule has 3 heterocycles. The van der Waals surface area contributed by atoms with Crippen LogP contribution < -0.4 is 20.5 Å². The van der Waals surface area contributed by atoms with Gasteiger partial charge in [-0.15, -0.1) is 0 Å². The Bertz CT molecular complexity index is 1210. The fourth-order valence-corrected chi connectivity index (χ4v) is 3.82. The van der Waals surface area contributed by atoms with Crippen molar-refractivity contribution in [3.63, 3.8) is 0 Å². The third-order valence-corrected chi connectivity index (χ3v) is 5.65. The van der Waals surface area contributed by atoms with Crippen LogP contribution in [0.1, 0.15) is 21.6 Å². The second-order valence-corrected chi connectivity index (χ2v) is 7.88. The summed E-state index contributed by atoms with van der Waals surface area (Å²) in [5, 5.41) is 3.17. The molecule has 0 unspecified atom stereocenters. The zero-order valence-electron chi connectivity index (χ0n) is 18.3. The van der Waals surface area contributed by atoms with Crippen molar-refractivity contribution in [1.29, 1.82) is 0 Å². The average Bonchev–Trinajstić information content (AvgIpc) is 3.32. The van der Waals surface area contributed by atoms with Crippen LogP contribution in [-0.2, 0) is 0 Å². The van der Waals surface area contributed by atoms with Gasteiger partial charge in [-0.25, -0.2) is 14.8 Å². The van der Waals surface area contributed by atoms with Crippen LogP contribution in [0, 0.1) is 6.42 Å². The molecule has 2 aliphatic heterocycles. The first-order valence-corrected chi connectivity index (χ1v) is 10.8. The van der Waals surface area contributed by atoms with Gasteiger partial charge < -0.3 is 30.3 Å². The van der Waals surface area contributed by atoms with Gasteiger partial charge in [-0.2, -0.15) is 0 Å². The maximum atomic E-state index is 12.8. The van der Waals surface area contributed by atoms with Crippen molar-refractivity contribution in [2.45, 2.75) is 0 Å². The van der Waals surface area contributed by atoms with Crippen molar-refractivity contribution in [3.05, 3.63) is 78.0 Å². The van der Waals surface area contributed by atoms with Gasteiger partial charge in [0.15, 0.2) is 11.5 Å². The summed E-state index contributed by atoms with van der Waals surface area (Å²) in [4.78, 5) is 36.1. The molecule has 2 aromatic carbocycles. The van der Waals surface area contributed by atoms with E-state index < -0.39 is 6.03 Å². The zero-order valence-corrected chi connectivity index (χ0v) is 18.3. The van der Waals surface area contributed by atoms with E-state index in [2.05, 4.69) is 15.3 Å². The lowest BCUT2D eigenvalue weighted by molar-refractivity contribution is 0.0669. The van der Waals surface area contributed by atoms with E-state index in [0.29, 0.717) is 43.4 Å². The topological polar surface area (TPSA) is 123 Å². The summed E-state index contributed by atoms with van der Waals surface area (Å²) in [6, 6.07) is 14.2. The number of nitrogens with zero attached hydrogens (tertiary/aromatic N) is 4. The summed E-state index contributed by atoms with van der Waals surface area (Å²) in [7, 11) is 0. The minimum atomic E-state index is -0.456. The summed E-state index contributed by atoms with van der Waals surface area (Å²) >= 11 is 0. The molecule has 3 aromatic rings. The highest BCUT2D eigenvalue weighted by molar-refractivity contribution is 5.94. The second-order valence-electron chi connectivity index (χ2n) is 7.88. The van der Waals surface area contributed by atoms with E-state index in [1.165, 1.54) is 4.90 Å². The minimum absolute atomic E-state index is 0.0766. The number of piperazine rings is 1. The number of nitrogens with one attached hydrogen (secondary N) is 1. The number of rotatable bonds is 5. The van der Waals surface area contributed by atoms with Gasteiger partial charge >= 0.3 is 6.03 Å². The molecule has 10 nitrogen and oxygen atoms in total. The van der Waals surface area contributed by atoms with Crippen LogP contribution in [0.2, 0.25) is 0 Å². The van der Waals surface area contributed by atoms with Crippen molar-refractivity contribution in [1.82, 2.24) is 19.8 Å². The van der Waals surface area contributed by atoms with Gasteiger partial charge in [0, 0.05) is 50.0 Å². The lowest BCUT2D eigenvalue weighted by Crippen LogP contribution is -2.52.